The first kappa shape index (κ1) is 14.4. The van der Waals surface area contributed by atoms with Gasteiger partial charge in [0, 0.05) is 11.0 Å². The quantitative estimate of drug-likeness (QED) is 0.667. The van der Waals surface area contributed by atoms with Crippen LogP contribution in [0.5, 0.6) is 5.75 Å². The molecule has 0 radical (unpaired) electrons. The van der Waals surface area contributed by atoms with Crippen molar-refractivity contribution < 1.29 is 19.2 Å². The van der Waals surface area contributed by atoms with Gasteiger partial charge in [0.25, 0.3) is 0 Å². The van der Waals surface area contributed by atoms with Crippen molar-refractivity contribution >= 4 is 30.5 Å². The summed E-state index contributed by atoms with van der Waals surface area (Å²) in [5.74, 6) is -0.100. The predicted octanol–water partition coefficient (Wildman–Crippen LogP) is 2.16. The van der Waals surface area contributed by atoms with Gasteiger partial charge in [0.1, 0.15) is 12.0 Å². The second-order valence-corrected chi connectivity index (χ2v) is 5.99. The smallest absolute Gasteiger partial charge is 0.497 e. The average Bonchev–Trinajstić information content (AvgIpc) is 2.51. The molecule has 1 aromatic carbocycles. The van der Waals surface area contributed by atoms with Crippen LogP contribution >= 0.6 is 11.6 Å². The first-order valence-corrected chi connectivity index (χ1v) is 6.39. The highest BCUT2D eigenvalue weighted by Crippen LogP contribution is 2.38. The van der Waals surface area contributed by atoms with E-state index in [1.54, 1.807) is 0 Å². The van der Waals surface area contributed by atoms with Crippen molar-refractivity contribution in [3.63, 3.8) is 0 Å². The molecule has 0 atom stereocenters. The van der Waals surface area contributed by atoms with Crippen molar-refractivity contribution in [2.24, 2.45) is 0 Å². The van der Waals surface area contributed by atoms with Gasteiger partial charge < -0.3 is 14.4 Å². The van der Waals surface area contributed by atoms with Gasteiger partial charge in [-0.25, -0.2) is 0 Å². The Morgan fingerprint density at radius 2 is 1.74 bits per heavy atom. The normalized spacial score (nSPS) is 20.6. The van der Waals surface area contributed by atoms with E-state index in [1.807, 2.05) is 27.7 Å². The lowest BCUT2D eigenvalue weighted by Crippen LogP contribution is -2.41. The van der Waals surface area contributed by atoms with E-state index in [4.69, 9.17) is 20.9 Å². The highest BCUT2D eigenvalue weighted by Gasteiger charge is 2.53. The summed E-state index contributed by atoms with van der Waals surface area (Å²) < 4.78 is 11.7. The highest BCUT2D eigenvalue weighted by atomic mass is 35.5. The van der Waals surface area contributed by atoms with Gasteiger partial charge >= 0.3 is 7.12 Å². The van der Waals surface area contributed by atoms with Crippen LogP contribution in [0.15, 0.2) is 12.1 Å². The molecule has 0 saturated carbocycles. The van der Waals surface area contributed by atoms with Crippen LogP contribution in [-0.4, -0.2) is 29.7 Å². The van der Waals surface area contributed by atoms with E-state index in [0.717, 1.165) is 0 Å². The molecule has 102 valence electrons. The molecular formula is C13H16BClO4. The molecule has 6 heteroatoms. The maximum absolute atomic E-state index is 11.1. The van der Waals surface area contributed by atoms with Gasteiger partial charge in [-0.05, 0) is 39.8 Å². The van der Waals surface area contributed by atoms with E-state index in [1.165, 1.54) is 12.1 Å². The number of carbonyl (C=O) groups is 1. The van der Waals surface area contributed by atoms with Crippen molar-refractivity contribution in [1.29, 1.82) is 0 Å². The summed E-state index contributed by atoms with van der Waals surface area (Å²) >= 11 is 6.07. The maximum atomic E-state index is 11.1. The minimum Gasteiger partial charge on any atom is -0.506 e. The highest BCUT2D eigenvalue weighted by molar-refractivity contribution is 6.67. The first-order chi connectivity index (χ1) is 8.69. The first-order valence-electron chi connectivity index (χ1n) is 6.02. The summed E-state index contributed by atoms with van der Waals surface area (Å²) in [6.07, 6.45) is 0.672. The monoisotopic (exact) mass is 282 g/mol. The van der Waals surface area contributed by atoms with Crippen LogP contribution in [0.3, 0.4) is 0 Å². The number of rotatable bonds is 2. The van der Waals surface area contributed by atoms with E-state index >= 15 is 0 Å². The van der Waals surface area contributed by atoms with Crippen molar-refractivity contribution in [3.8, 4) is 5.75 Å². The van der Waals surface area contributed by atoms with Gasteiger partial charge in [0.15, 0.2) is 0 Å². The molecule has 2 rings (SSSR count). The number of halogens is 1. The Kier molecular flexibility index (Phi) is 3.41. The van der Waals surface area contributed by atoms with Crippen LogP contribution in [0, 0.1) is 0 Å². The number of benzene rings is 1. The molecule has 1 saturated heterocycles. The molecule has 0 aromatic heterocycles. The van der Waals surface area contributed by atoms with Crippen LogP contribution in [0.1, 0.15) is 38.1 Å². The third kappa shape index (κ3) is 2.26. The predicted molar refractivity (Wildman–Crippen MR) is 74.2 cm³/mol. The number of phenols is 1. The molecule has 0 bridgehead atoms. The number of hydrogen-bond acceptors (Lipinski definition) is 4. The van der Waals surface area contributed by atoms with Crippen LogP contribution in [0.4, 0.5) is 0 Å². The average molecular weight is 283 g/mol. The topological polar surface area (TPSA) is 55.8 Å². The second-order valence-electron chi connectivity index (χ2n) is 5.61. The van der Waals surface area contributed by atoms with E-state index in [-0.39, 0.29) is 10.8 Å². The number of aldehydes is 1. The Morgan fingerprint density at radius 1 is 1.21 bits per heavy atom. The van der Waals surface area contributed by atoms with E-state index in [0.29, 0.717) is 17.3 Å². The molecule has 4 nitrogen and oxygen atoms in total. The van der Waals surface area contributed by atoms with Gasteiger partial charge in [-0.2, -0.15) is 0 Å². The summed E-state index contributed by atoms with van der Waals surface area (Å²) in [6.45, 7) is 7.63. The number of hydrogen-bond donors (Lipinski definition) is 1. The van der Waals surface area contributed by atoms with E-state index in [2.05, 4.69) is 0 Å². The van der Waals surface area contributed by atoms with Gasteiger partial charge in [-0.15, -0.1) is 0 Å². The molecule has 1 aliphatic heterocycles. The fraction of sp³-hybridized carbons (Fsp3) is 0.462. The van der Waals surface area contributed by atoms with Gasteiger partial charge in [-0.1, -0.05) is 11.6 Å². The third-order valence-electron chi connectivity index (χ3n) is 3.81. The van der Waals surface area contributed by atoms with Crippen LogP contribution in [-0.2, 0) is 9.31 Å². The molecule has 1 heterocycles. The Balaban J connectivity index is 2.50. The zero-order valence-electron chi connectivity index (χ0n) is 11.4. The maximum Gasteiger partial charge on any atom is 0.497 e. The Labute approximate surface area is 117 Å². The summed E-state index contributed by atoms with van der Waals surface area (Å²) in [7, 11) is -0.773. The molecule has 1 N–H and O–H groups in total. The Bertz CT molecular complexity index is 512. The van der Waals surface area contributed by atoms with Crippen LogP contribution in [0.25, 0.3) is 0 Å². The molecule has 0 amide bonds. The summed E-state index contributed by atoms with van der Waals surface area (Å²) in [4.78, 5) is 11.1. The van der Waals surface area contributed by atoms with Crippen LogP contribution in [0.2, 0.25) is 5.02 Å². The SMILES string of the molecule is CC1(C)OB(c2c(C=O)ccc(O)c2Cl)OC1(C)C. The summed E-state index contributed by atoms with van der Waals surface area (Å²) in [5, 5.41) is 9.77. The summed E-state index contributed by atoms with van der Waals surface area (Å²) in [6, 6.07) is 2.87. The zero-order chi connectivity index (χ0) is 14.4. The number of phenolic OH excluding ortho intramolecular Hbond substituents is 1. The molecular weight excluding hydrogens is 266 g/mol. The van der Waals surface area contributed by atoms with Crippen molar-refractivity contribution in [2.45, 2.75) is 38.9 Å². The molecule has 0 aliphatic carbocycles. The van der Waals surface area contributed by atoms with Gasteiger partial charge in [0.2, 0.25) is 0 Å². The van der Waals surface area contributed by atoms with Crippen LogP contribution < -0.4 is 5.46 Å². The second kappa shape index (κ2) is 4.51. The molecule has 1 fully saturated rings. The van der Waals surface area contributed by atoms with E-state index < -0.39 is 18.3 Å². The van der Waals surface area contributed by atoms with Crippen molar-refractivity contribution in [2.75, 3.05) is 0 Å². The fourth-order valence-corrected chi connectivity index (χ4v) is 2.16. The molecule has 0 unspecified atom stereocenters. The molecule has 1 aromatic rings. The van der Waals surface area contributed by atoms with Crippen molar-refractivity contribution in [1.82, 2.24) is 0 Å². The fourth-order valence-electron chi connectivity index (χ4n) is 1.90. The lowest BCUT2D eigenvalue weighted by Gasteiger charge is -2.32. The van der Waals surface area contributed by atoms with E-state index in [9.17, 15) is 9.90 Å². The lowest BCUT2D eigenvalue weighted by molar-refractivity contribution is 0.00578. The standard InChI is InChI=1S/C13H16BClO4/c1-12(2)13(3,4)19-14(18-12)10-8(7-16)5-6-9(17)11(10)15/h5-7,17H,1-4H3. The van der Waals surface area contributed by atoms with Gasteiger partial charge in [0.05, 0.1) is 16.2 Å². The summed E-state index contributed by atoms with van der Waals surface area (Å²) in [5.41, 5.74) is -0.351. The minimum absolute atomic E-state index is 0.0862. The lowest BCUT2D eigenvalue weighted by atomic mass is 9.76. The zero-order valence-corrected chi connectivity index (χ0v) is 12.1. The Hall–Kier alpha value is -1.04. The molecule has 0 spiro atoms. The minimum atomic E-state index is -0.773. The number of carbonyl (C=O) groups excluding carboxylic acids is 1. The largest absolute Gasteiger partial charge is 0.506 e. The number of aromatic hydroxyl groups is 1. The Morgan fingerprint density at radius 3 is 2.21 bits per heavy atom. The molecule has 1 aliphatic rings. The van der Waals surface area contributed by atoms with Gasteiger partial charge in [-0.3, -0.25) is 4.79 Å². The molecule has 19 heavy (non-hydrogen) atoms. The van der Waals surface area contributed by atoms with Crippen molar-refractivity contribution in [3.05, 3.63) is 22.7 Å². The third-order valence-corrected chi connectivity index (χ3v) is 4.21.